The molecule has 1 fully saturated rings. The fourth-order valence-electron chi connectivity index (χ4n) is 1.75. The monoisotopic (exact) mass is 285 g/mol. The molecular weight excluding hydrogens is 270 g/mol. The third-order valence-electron chi connectivity index (χ3n) is 2.75. The molecule has 1 aromatic heterocycles. The molecule has 2 rings (SSSR count). The van der Waals surface area contributed by atoms with Crippen LogP contribution in [0.25, 0.3) is 0 Å². The number of nitrogens with two attached hydrogens (primary N) is 1. The molecule has 19 heavy (non-hydrogen) atoms. The fraction of sp³-hybridized carbons (Fsp3) is 0.400. The van der Waals surface area contributed by atoms with E-state index in [9.17, 15) is 13.2 Å². The molecule has 1 amide bonds. The molecule has 0 aliphatic carbocycles. The van der Waals surface area contributed by atoms with E-state index in [1.54, 1.807) is 0 Å². The van der Waals surface area contributed by atoms with Gasteiger partial charge in [-0.25, -0.2) is 19.2 Å². The van der Waals surface area contributed by atoms with E-state index < -0.39 is 10.0 Å². The first-order valence-electron chi connectivity index (χ1n) is 5.73. The zero-order valence-corrected chi connectivity index (χ0v) is 11.0. The number of amides is 1. The molecule has 0 aromatic carbocycles. The molecule has 0 atom stereocenters. The average molecular weight is 285 g/mol. The van der Waals surface area contributed by atoms with E-state index in [-0.39, 0.29) is 17.3 Å². The molecule has 9 heteroatoms. The molecule has 0 unspecified atom stereocenters. The van der Waals surface area contributed by atoms with Gasteiger partial charge in [0.2, 0.25) is 15.9 Å². The van der Waals surface area contributed by atoms with Gasteiger partial charge in [0.25, 0.3) is 0 Å². The highest BCUT2D eigenvalue weighted by molar-refractivity contribution is 7.89. The van der Waals surface area contributed by atoms with Crippen molar-refractivity contribution in [2.24, 2.45) is 5.84 Å². The van der Waals surface area contributed by atoms with Crippen molar-refractivity contribution in [2.75, 3.05) is 25.1 Å². The number of hydrogen-bond donors (Lipinski definition) is 3. The van der Waals surface area contributed by atoms with Crippen LogP contribution in [-0.4, -0.2) is 43.2 Å². The van der Waals surface area contributed by atoms with Gasteiger partial charge in [0.05, 0.1) is 6.54 Å². The quantitative estimate of drug-likeness (QED) is 0.478. The van der Waals surface area contributed by atoms with Crippen molar-refractivity contribution in [2.45, 2.75) is 11.3 Å². The third kappa shape index (κ3) is 3.00. The van der Waals surface area contributed by atoms with Gasteiger partial charge in [-0.1, -0.05) is 0 Å². The largest absolute Gasteiger partial charge is 0.355 e. The number of nitrogens with zero attached hydrogens (tertiary/aromatic N) is 2. The highest BCUT2D eigenvalue weighted by Gasteiger charge is 2.28. The van der Waals surface area contributed by atoms with Gasteiger partial charge in [0.1, 0.15) is 10.7 Å². The zero-order valence-electron chi connectivity index (χ0n) is 10.2. The minimum absolute atomic E-state index is 0.0428. The second kappa shape index (κ2) is 5.51. The first-order valence-corrected chi connectivity index (χ1v) is 7.17. The fourth-order valence-corrected chi connectivity index (χ4v) is 3.13. The van der Waals surface area contributed by atoms with Crippen LogP contribution in [0.1, 0.15) is 6.42 Å². The topological polar surface area (TPSA) is 117 Å². The molecular formula is C10H15N5O3S. The van der Waals surface area contributed by atoms with Gasteiger partial charge in [-0.05, 0) is 18.6 Å². The highest BCUT2D eigenvalue weighted by Crippen LogP contribution is 2.17. The Bertz CT molecular complexity index is 557. The summed E-state index contributed by atoms with van der Waals surface area (Å²) >= 11 is 0. The summed E-state index contributed by atoms with van der Waals surface area (Å²) in [5, 5.41) is 2.63. The molecule has 0 spiro atoms. The number of nitrogen functional groups attached to an aromatic ring is 1. The van der Waals surface area contributed by atoms with Gasteiger partial charge in [-0.3, -0.25) is 4.79 Å². The number of pyridine rings is 1. The van der Waals surface area contributed by atoms with Crippen LogP contribution in [0.3, 0.4) is 0 Å². The van der Waals surface area contributed by atoms with Crippen molar-refractivity contribution < 1.29 is 13.2 Å². The van der Waals surface area contributed by atoms with E-state index in [0.717, 1.165) is 4.31 Å². The molecule has 1 aromatic rings. The molecule has 2 heterocycles. The molecule has 104 valence electrons. The van der Waals surface area contributed by atoms with Crippen LogP contribution in [0.4, 0.5) is 5.82 Å². The highest BCUT2D eigenvalue weighted by atomic mass is 32.2. The Hall–Kier alpha value is -1.71. The van der Waals surface area contributed by atoms with Crippen molar-refractivity contribution in [3.05, 3.63) is 18.3 Å². The van der Waals surface area contributed by atoms with Crippen LogP contribution in [0.5, 0.6) is 0 Å². The zero-order chi connectivity index (χ0) is 13.9. The number of aromatic nitrogens is 1. The summed E-state index contributed by atoms with van der Waals surface area (Å²) < 4.78 is 25.8. The van der Waals surface area contributed by atoms with Crippen LogP contribution >= 0.6 is 0 Å². The van der Waals surface area contributed by atoms with Crippen LogP contribution in [-0.2, 0) is 14.8 Å². The summed E-state index contributed by atoms with van der Waals surface area (Å²) in [6, 6.07) is 2.87. The smallest absolute Gasteiger partial charge is 0.245 e. The van der Waals surface area contributed by atoms with Crippen molar-refractivity contribution in [1.29, 1.82) is 0 Å². The summed E-state index contributed by atoms with van der Waals surface area (Å²) in [5.41, 5.74) is 2.32. The van der Waals surface area contributed by atoms with Crippen molar-refractivity contribution in [1.82, 2.24) is 14.6 Å². The lowest BCUT2D eigenvalue weighted by Gasteiger charge is -2.18. The predicted molar refractivity (Wildman–Crippen MR) is 68.4 cm³/mol. The summed E-state index contributed by atoms with van der Waals surface area (Å²) in [4.78, 5) is 15.3. The molecule has 0 radical (unpaired) electrons. The Labute approximate surface area is 111 Å². The lowest BCUT2D eigenvalue weighted by atomic mass is 10.4. The SMILES string of the molecule is NNc1ccc(S(=O)(=O)N2CCCNC(=O)C2)cn1. The maximum atomic E-state index is 12.3. The number of carbonyl (C=O) groups is 1. The minimum atomic E-state index is -3.70. The molecule has 1 saturated heterocycles. The van der Waals surface area contributed by atoms with Crippen LogP contribution < -0.4 is 16.6 Å². The number of hydrogen-bond acceptors (Lipinski definition) is 6. The Balaban J connectivity index is 2.26. The lowest BCUT2D eigenvalue weighted by molar-refractivity contribution is -0.120. The van der Waals surface area contributed by atoms with Crippen molar-refractivity contribution in [3.63, 3.8) is 0 Å². The molecule has 0 saturated carbocycles. The van der Waals surface area contributed by atoms with E-state index in [2.05, 4.69) is 15.7 Å². The lowest BCUT2D eigenvalue weighted by Crippen LogP contribution is -2.37. The summed E-state index contributed by atoms with van der Waals surface area (Å²) in [6.45, 7) is 0.621. The van der Waals surface area contributed by atoms with Crippen molar-refractivity contribution in [3.8, 4) is 0 Å². The van der Waals surface area contributed by atoms with Crippen LogP contribution in [0.2, 0.25) is 0 Å². The third-order valence-corrected chi connectivity index (χ3v) is 4.58. The van der Waals surface area contributed by atoms with E-state index in [0.29, 0.717) is 25.3 Å². The number of hydrazine groups is 1. The molecule has 1 aliphatic rings. The predicted octanol–water partition coefficient (Wildman–Crippen LogP) is -1.12. The second-order valence-corrected chi connectivity index (χ2v) is 6.00. The first-order chi connectivity index (χ1) is 9.04. The van der Waals surface area contributed by atoms with Crippen LogP contribution in [0.15, 0.2) is 23.2 Å². The number of sulfonamides is 1. The maximum absolute atomic E-state index is 12.3. The van der Waals surface area contributed by atoms with Gasteiger partial charge in [0.15, 0.2) is 0 Å². The number of rotatable bonds is 3. The van der Waals surface area contributed by atoms with E-state index in [4.69, 9.17) is 5.84 Å². The van der Waals surface area contributed by atoms with E-state index >= 15 is 0 Å². The normalized spacial score (nSPS) is 17.6. The number of nitrogens with one attached hydrogen (secondary N) is 2. The van der Waals surface area contributed by atoms with E-state index in [1.165, 1.54) is 18.3 Å². The van der Waals surface area contributed by atoms with Crippen molar-refractivity contribution >= 4 is 21.7 Å². The maximum Gasteiger partial charge on any atom is 0.245 e. The summed E-state index contributed by atoms with van der Waals surface area (Å²) in [6.07, 6.45) is 1.80. The average Bonchev–Trinajstić information content (AvgIpc) is 2.64. The molecule has 8 nitrogen and oxygen atoms in total. The Morgan fingerprint density at radius 2 is 2.21 bits per heavy atom. The summed E-state index contributed by atoms with van der Waals surface area (Å²) in [5.74, 6) is 5.24. The van der Waals surface area contributed by atoms with Gasteiger partial charge >= 0.3 is 0 Å². The van der Waals surface area contributed by atoms with Crippen LogP contribution in [0, 0.1) is 0 Å². The van der Waals surface area contributed by atoms with Gasteiger partial charge in [0, 0.05) is 19.3 Å². The molecule has 0 bridgehead atoms. The van der Waals surface area contributed by atoms with Gasteiger partial charge < -0.3 is 10.7 Å². The first kappa shape index (κ1) is 13.7. The summed E-state index contributed by atoms with van der Waals surface area (Å²) in [7, 11) is -3.70. The second-order valence-electron chi connectivity index (χ2n) is 4.07. The number of anilines is 1. The van der Waals surface area contributed by atoms with E-state index in [1.807, 2.05) is 0 Å². The Morgan fingerprint density at radius 1 is 1.42 bits per heavy atom. The molecule has 1 aliphatic heterocycles. The standard InChI is InChI=1S/C10H15N5O3S/c11-14-9-3-2-8(6-13-9)19(17,18)15-5-1-4-12-10(16)7-15/h2-3,6H,1,4-5,7,11H2,(H,12,16)(H,13,14). The minimum Gasteiger partial charge on any atom is -0.355 e. The Kier molecular flexibility index (Phi) is 3.98. The Morgan fingerprint density at radius 3 is 2.84 bits per heavy atom. The van der Waals surface area contributed by atoms with Gasteiger partial charge in [-0.2, -0.15) is 4.31 Å². The number of carbonyl (C=O) groups excluding carboxylic acids is 1. The van der Waals surface area contributed by atoms with Gasteiger partial charge in [-0.15, -0.1) is 0 Å². The molecule has 4 N–H and O–H groups in total.